The molecule has 0 bridgehead atoms. The molecule has 41 heavy (non-hydrogen) atoms. The van der Waals surface area contributed by atoms with Crippen molar-refractivity contribution in [1.29, 1.82) is 0 Å². The molecule has 2 aliphatic carbocycles. The summed E-state index contributed by atoms with van der Waals surface area (Å²) in [5.41, 5.74) is 9.68. The van der Waals surface area contributed by atoms with Gasteiger partial charge in [-0.3, -0.25) is 4.79 Å². The number of nitrogens with zero attached hydrogens (tertiary/aromatic N) is 2. The third kappa shape index (κ3) is 5.52. The highest BCUT2D eigenvalue weighted by molar-refractivity contribution is 7.90. The van der Waals surface area contributed by atoms with Crippen molar-refractivity contribution in [2.75, 3.05) is 11.5 Å². The van der Waals surface area contributed by atoms with Crippen molar-refractivity contribution < 1.29 is 26.7 Å². The van der Waals surface area contributed by atoms with Crippen LogP contribution in [0.25, 0.3) is 11.8 Å². The van der Waals surface area contributed by atoms with E-state index in [1.807, 2.05) is 6.92 Å². The molecule has 10 heteroatoms. The summed E-state index contributed by atoms with van der Waals surface area (Å²) in [6, 6.07) is 14.0. The number of carbonyl (C=O) groups excluding carboxylic acids is 1. The van der Waals surface area contributed by atoms with Crippen molar-refractivity contribution in [3.8, 4) is 17.2 Å². The molecule has 1 heterocycles. The molecule has 0 amide bonds. The van der Waals surface area contributed by atoms with Crippen LogP contribution in [0.3, 0.4) is 0 Å². The van der Waals surface area contributed by atoms with E-state index in [0.717, 1.165) is 18.4 Å². The SMILES string of the molecule is Cc1cc(Oc2ccccc2F)ccc1-n1ncc(C(=O)C2=Cc3cc(F)c(CS(=O)(=O)CC4CC4)cc3C2)c1N. The molecule has 4 aromatic rings. The Kier molecular flexibility index (Phi) is 6.73. The molecular formula is C31H27F2N3O4S. The first-order valence-electron chi connectivity index (χ1n) is 13.2. The van der Waals surface area contributed by atoms with Crippen molar-refractivity contribution in [3.63, 3.8) is 0 Å². The number of allylic oxidation sites excluding steroid dienone is 1. The minimum atomic E-state index is -3.41. The maximum atomic E-state index is 14.8. The first kappa shape index (κ1) is 26.9. The number of rotatable bonds is 9. The van der Waals surface area contributed by atoms with E-state index in [2.05, 4.69) is 5.10 Å². The number of anilines is 1. The van der Waals surface area contributed by atoms with Gasteiger partial charge in [-0.25, -0.2) is 21.9 Å². The lowest BCUT2D eigenvalue weighted by Crippen LogP contribution is -2.12. The average molecular weight is 576 g/mol. The zero-order chi connectivity index (χ0) is 28.9. The molecule has 1 aromatic heterocycles. The zero-order valence-electron chi connectivity index (χ0n) is 22.2. The first-order chi connectivity index (χ1) is 19.6. The van der Waals surface area contributed by atoms with Gasteiger partial charge in [0.1, 0.15) is 17.4 Å². The number of hydrogen-bond donors (Lipinski definition) is 1. The molecule has 3 aromatic carbocycles. The first-order valence-corrected chi connectivity index (χ1v) is 15.0. The smallest absolute Gasteiger partial charge is 0.194 e. The number of ether oxygens (including phenoxy) is 1. The molecule has 7 nitrogen and oxygen atoms in total. The summed E-state index contributed by atoms with van der Waals surface area (Å²) in [5, 5.41) is 4.33. The number of para-hydroxylation sites is 1. The Morgan fingerprint density at radius 2 is 1.88 bits per heavy atom. The second-order valence-corrected chi connectivity index (χ2v) is 12.8. The number of benzene rings is 3. The molecule has 0 unspecified atom stereocenters. The third-order valence-electron chi connectivity index (χ3n) is 7.38. The Balaban J connectivity index is 1.20. The molecule has 0 radical (unpaired) electrons. The standard InChI is InChI=1S/C31H27F2N3O4S/c1-18-10-24(40-29-5-3-2-4-26(29)32)8-9-28(18)36-31(34)25(15-35-36)30(37)22-11-20-13-23(27(33)14-21(20)12-22)17-41(38,39)16-19-6-7-19/h2-5,8-10,12-15,19H,6-7,11,16-17,34H2,1H3. The molecule has 2 N–H and O–H groups in total. The molecule has 210 valence electrons. The molecular weight excluding hydrogens is 548 g/mol. The minimum Gasteiger partial charge on any atom is -0.454 e. The molecule has 0 saturated heterocycles. The molecule has 1 saturated carbocycles. The topological polar surface area (TPSA) is 104 Å². The van der Waals surface area contributed by atoms with Crippen molar-refractivity contribution >= 4 is 27.5 Å². The molecule has 1 fully saturated rings. The molecule has 6 rings (SSSR count). The Bertz CT molecular complexity index is 1840. The van der Waals surface area contributed by atoms with Crippen molar-refractivity contribution in [3.05, 3.63) is 106 Å². The normalized spacial score (nSPS) is 14.6. The third-order valence-corrected chi connectivity index (χ3v) is 9.11. The fraction of sp³-hybridized carbons (Fsp3) is 0.226. The van der Waals surface area contributed by atoms with Gasteiger partial charge in [-0.15, -0.1) is 0 Å². The number of ketones is 1. The van der Waals surface area contributed by atoms with Crippen LogP contribution in [0.2, 0.25) is 0 Å². The highest BCUT2D eigenvalue weighted by Crippen LogP contribution is 2.34. The summed E-state index contributed by atoms with van der Waals surface area (Å²) in [6.07, 6.45) is 5.03. The Morgan fingerprint density at radius 1 is 1.10 bits per heavy atom. The van der Waals surface area contributed by atoms with Crippen molar-refractivity contribution in [2.24, 2.45) is 5.92 Å². The number of hydrogen-bond acceptors (Lipinski definition) is 6. The maximum absolute atomic E-state index is 14.8. The minimum absolute atomic E-state index is 0.0789. The Labute approximate surface area is 236 Å². The van der Waals surface area contributed by atoms with E-state index < -0.39 is 21.5 Å². The van der Waals surface area contributed by atoms with Crippen LogP contribution < -0.4 is 10.5 Å². The van der Waals surface area contributed by atoms with Crippen LogP contribution in [-0.4, -0.2) is 29.7 Å². The van der Waals surface area contributed by atoms with Gasteiger partial charge in [0.15, 0.2) is 27.2 Å². The van der Waals surface area contributed by atoms with Gasteiger partial charge >= 0.3 is 0 Å². The number of aryl methyl sites for hydroxylation is 1. The summed E-state index contributed by atoms with van der Waals surface area (Å²) in [7, 11) is -3.41. The number of carbonyl (C=O) groups is 1. The van der Waals surface area contributed by atoms with Gasteiger partial charge in [0.25, 0.3) is 0 Å². The van der Waals surface area contributed by atoms with Crippen LogP contribution in [0.5, 0.6) is 11.5 Å². The van der Waals surface area contributed by atoms with E-state index in [4.69, 9.17) is 10.5 Å². The number of fused-ring (bicyclic) bond motifs is 1. The van der Waals surface area contributed by atoms with Gasteiger partial charge in [0, 0.05) is 17.6 Å². The second kappa shape index (κ2) is 10.3. The summed E-state index contributed by atoms with van der Waals surface area (Å²) in [6.45, 7) is 1.82. The van der Waals surface area contributed by atoms with Crippen LogP contribution in [0.15, 0.2) is 66.4 Å². The van der Waals surface area contributed by atoms with Crippen LogP contribution in [0.1, 0.15) is 45.5 Å². The van der Waals surface area contributed by atoms with Gasteiger partial charge in [-0.05, 0) is 84.8 Å². The van der Waals surface area contributed by atoms with E-state index in [9.17, 15) is 22.0 Å². The summed E-state index contributed by atoms with van der Waals surface area (Å²) in [4.78, 5) is 13.4. The van der Waals surface area contributed by atoms with Crippen LogP contribution >= 0.6 is 0 Å². The summed E-state index contributed by atoms with van der Waals surface area (Å²) >= 11 is 0. The monoisotopic (exact) mass is 575 g/mol. The molecule has 0 spiro atoms. The van der Waals surface area contributed by atoms with E-state index in [1.165, 1.54) is 29.1 Å². The summed E-state index contributed by atoms with van der Waals surface area (Å²) in [5.74, 6) is -0.842. The molecule has 2 aliphatic rings. The van der Waals surface area contributed by atoms with E-state index >= 15 is 0 Å². The number of aromatic nitrogens is 2. The van der Waals surface area contributed by atoms with Crippen LogP contribution in [0.4, 0.5) is 14.6 Å². The predicted octanol–water partition coefficient (Wildman–Crippen LogP) is 5.98. The number of sulfone groups is 1. The Hall–Kier alpha value is -4.31. The molecule has 0 aliphatic heterocycles. The van der Waals surface area contributed by atoms with Crippen molar-refractivity contribution in [1.82, 2.24) is 9.78 Å². The predicted molar refractivity (Wildman–Crippen MR) is 152 cm³/mol. The number of nitrogens with two attached hydrogens (primary N) is 1. The fourth-order valence-corrected chi connectivity index (χ4v) is 6.96. The van der Waals surface area contributed by atoms with E-state index in [0.29, 0.717) is 28.1 Å². The van der Waals surface area contributed by atoms with Gasteiger partial charge in [-0.2, -0.15) is 5.10 Å². The lowest BCUT2D eigenvalue weighted by atomic mass is 10.0. The fourth-order valence-electron chi connectivity index (χ4n) is 5.09. The van der Waals surface area contributed by atoms with Gasteiger partial charge in [0.05, 0.1) is 29.0 Å². The van der Waals surface area contributed by atoms with Crippen LogP contribution in [0, 0.1) is 24.5 Å². The zero-order valence-corrected chi connectivity index (χ0v) is 23.0. The lowest BCUT2D eigenvalue weighted by molar-refractivity contribution is 0.103. The van der Waals surface area contributed by atoms with Crippen molar-refractivity contribution in [2.45, 2.75) is 31.9 Å². The average Bonchev–Trinajstić information content (AvgIpc) is 3.49. The number of halogens is 2. The highest BCUT2D eigenvalue weighted by Gasteiger charge is 2.30. The highest BCUT2D eigenvalue weighted by atomic mass is 32.2. The number of nitrogen functional groups attached to an aromatic ring is 1. The quantitative estimate of drug-likeness (QED) is 0.246. The summed E-state index contributed by atoms with van der Waals surface area (Å²) < 4.78 is 60.8. The van der Waals surface area contributed by atoms with Gasteiger partial charge in [0.2, 0.25) is 0 Å². The lowest BCUT2D eigenvalue weighted by Gasteiger charge is -2.12. The molecule has 0 atom stereocenters. The van der Waals surface area contributed by atoms with Gasteiger partial charge < -0.3 is 10.5 Å². The van der Waals surface area contributed by atoms with E-state index in [-0.39, 0.29) is 52.3 Å². The van der Waals surface area contributed by atoms with Gasteiger partial charge in [-0.1, -0.05) is 18.2 Å². The maximum Gasteiger partial charge on any atom is 0.194 e. The largest absolute Gasteiger partial charge is 0.454 e. The second-order valence-electron chi connectivity index (χ2n) is 10.7. The van der Waals surface area contributed by atoms with Crippen LogP contribution in [-0.2, 0) is 22.0 Å². The Morgan fingerprint density at radius 3 is 2.61 bits per heavy atom. The number of Topliss-reactive ketones (excluding diaryl/α,β-unsaturated/α-hetero) is 1. The van der Waals surface area contributed by atoms with E-state index in [1.54, 1.807) is 42.5 Å².